The van der Waals surface area contributed by atoms with E-state index in [2.05, 4.69) is 5.10 Å². The van der Waals surface area contributed by atoms with Gasteiger partial charge in [-0.15, -0.1) is 0 Å². The number of aryl methyl sites for hydroxylation is 2. The molecule has 0 saturated heterocycles. The lowest BCUT2D eigenvalue weighted by Crippen LogP contribution is -2.53. The number of rotatable bonds is 5. The molecule has 1 aromatic heterocycles. The van der Waals surface area contributed by atoms with Gasteiger partial charge in [-0.25, -0.2) is 4.79 Å². The van der Waals surface area contributed by atoms with Crippen molar-refractivity contribution in [2.75, 3.05) is 6.54 Å². The SMILES string of the molecule is CCN(C(=O)c1cc(C)nn1CC)C(C)(C)C(=O)O. The second kappa shape index (κ2) is 5.42. The van der Waals surface area contributed by atoms with E-state index in [1.54, 1.807) is 17.7 Å². The molecule has 6 nitrogen and oxygen atoms in total. The largest absolute Gasteiger partial charge is 0.480 e. The fourth-order valence-corrected chi connectivity index (χ4v) is 2.01. The molecule has 0 unspecified atom stereocenters. The number of carbonyl (C=O) groups excluding carboxylic acids is 1. The normalized spacial score (nSPS) is 11.4. The number of likely N-dealkylation sites (N-methyl/N-ethyl adjacent to an activating group) is 1. The van der Waals surface area contributed by atoms with Gasteiger partial charge in [0.2, 0.25) is 0 Å². The summed E-state index contributed by atoms with van der Waals surface area (Å²) >= 11 is 0. The van der Waals surface area contributed by atoms with Crippen molar-refractivity contribution in [2.45, 2.75) is 46.7 Å². The smallest absolute Gasteiger partial charge is 0.329 e. The first-order chi connectivity index (χ1) is 8.75. The fourth-order valence-electron chi connectivity index (χ4n) is 2.01. The van der Waals surface area contributed by atoms with Gasteiger partial charge in [0.15, 0.2) is 0 Å². The van der Waals surface area contributed by atoms with Gasteiger partial charge in [0, 0.05) is 13.1 Å². The van der Waals surface area contributed by atoms with Crippen LogP contribution in [0.4, 0.5) is 0 Å². The number of carboxylic acid groups (broad SMARTS) is 1. The van der Waals surface area contributed by atoms with Crippen LogP contribution in [0.3, 0.4) is 0 Å². The molecule has 0 radical (unpaired) electrons. The van der Waals surface area contributed by atoms with E-state index in [4.69, 9.17) is 0 Å². The van der Waals surface area contributed by atoms with Gasteiger partial charge < -0.3 is 10.0 Å². The van der Waals surface area contributed by atoms with Gasteiger partial charge in [-0.2, -0.15) is 5.10 Å². The number of aliphatic carboxylic acids is 1. The molecule has 19 heavy (non-hydrogen) atoms. The number of aromatic nitrogens is 2. The van der Waals surface area contributed by atoms with Crippen LogP contribution in [-0.4, -0.2) is 43.7 Å². The van der Waals surface area contributed by atoms with Gasteiger partial charge >= 0.3 is 5.97 Å². The predicted molar refractivity (Wildman–Crippen MR) is 71.1 cm³/mol. The first kappa shape index (κ1) is 15.2. The molecule has 1 N–H and O–H groups in total. The van der Waals surface area contributed by atoms with E-state index in [9.17, 15) is 14.7 Å². The predicted octanol–water partition coefficient (Wildman–Crippen LogP) is 1.54. The summed E-state index contributed by atoms with van der Waals surface area (Å²) in [7, 11) is 0. The summed E-state index contributed by atoms with van der Waals surface area (Å²) in [4.78, 5) is 25.2. The zero-order chi connectivity index (χ0) is 14.8. The molecule has 0 aromatic carbocycles. The van der Waals surface area contributed by atoms with Crippen LogP contribution in [0.1, 0.15) is 43.9 Å². The van der Waals surface area contributed by atoms with Crippen molar-refractivity contribution < 1.29 is 14.7 Å². The molecule has 0 bridgehead atoms. The average Bonchev–Trinajstić information content (AvgIpc) is 2.70. The Kier molecular flexibility index (Phi) is 4.34. The first-order valence-electron chi connectivity index (χ1n) is 6.35. The van der Waals surface area contributed by atoms with Crippen LogP contribution in [-0.2, 0) is 11.3 Å². The Bertz CT molecular complexity index is 491. The van der Waals surface area contributed by atoms with Crippen LogP contribution in [0.15, 0.2) is 6.07 Å². The third kappa shape index (κ3) is 2.77. The Balaban J connectivity index is 3.19. The summed E-state index contributed by atoms with van der Waals surface area (Å²) < 4.78 is 1.60. The van der Waals surface area contributed by atoms with Crippen LogP contribution in [0.2, 0.25) is 0 Å². The molecule has 6 heteroatoms. The summed E-state index contributed by atoms with van der Waals surface area (Å²) in [6.07, 6.45) is 0. The lowest BCUT2D eigenvalue weighted by Gasteiger charge is -2.34. The van der Waals surface area contributed by atoms with E-state index in [-0.39, 0.29) is 5.91 Å². The van der Waals surface area contributed by atoms with Crippen LogP contribution < -0.4 is 0 Å². The van der Waals surface area contributed by atoms with E-state index in [0.29, 0.717) is 18.8 Å². The molecule has 0 fully saturated rings. The summed E-state index contributed by atoms with van der Waals surface area (Å²) in [5, 5.41) is 13.5. The van der Waals surface area contributed by atoms with Gasteiger partial charge in [-0.1, -0.05) is 0 Å². The van der Waals surface area contributed by atoms with Crippen molar-refractivity contribution >= 4 is 11.9 Å². The quantitative estimate of drug-likeness (QED) is 0.878. The topological polar surface area (TPSA) is 75.4 Å². The summed E-state index contributed by atoms with van der Waals surface area (Å²) in [5.74, 6) is -1.33. The highest BCUT2D eigenvalue weighted by Crippen LogP contribution is 2.18. The maximum atomic E-state index is 12.5. The highest BCUT2D eigenvalue weighted by molar-refractivity contribution is 5.96. The van der Waals surface area contributed by atoms with Crippen molar-refractivity contribution in [1.29, 1.82) is 0 Å². The molecule has 0 atom stereocenters. The Labute approximate surface area is 113 Å². The highest BCUT2D eigenvalue weighted by Gasteiger charge is 2.38. The molecule has 0 aliphatic rings. The van der Waals surface area contributed by atoms with E-state index in [1.165, 1.54) is 18.7 Å². The molecule has 1 rings (SSSR count). The Morgan fingerprint density at radius 2 is 2.00 bits per heavy atom. The number of carbonyl (C=O) groups is 2. The van der Waals surface area contributed by atoms with Gasteiger partial charge in [0.1, 0.15) is 11.2 Å². The number of carboxylic acids is 1. The van der Waals surface area contributed by atoms with E-state index in [1.807, 2.05) is 13.8 Å². The van der Waals surface area contributed by atoms with Crippen molar-refractivity contribution in [1.82, 2.24) is 14.7 Å². The van der Waals surface area contributed by atoms with Crippen LogP contribution in [0.5, 0.6) is 0 Å². The maximum Gasteiger partial charge on any atom is 0.329 e. The molecule has 0 aliphatic heterocycles. The van der Waals surface area contributed by atoms with Gasteiger partial charge in [-0.05, 0) is 40.7 Å². The summed E-state index contributed by atoms with van der Waals surface area (Å²) in [6.45, 7) is 9.41. The molecule has 0 saturated carbocycles. The number of hydrogen-bond acceptors (Lipinski definition) is 3. The molecule has 1 amide bonds. The second-order valence-electron chi connectivity index (χ2n) is 4.90. The highest BCUT2D eigenvalue weighted by atomic mass is 16.4. The van der Waals surface area contributed by atoms with E-state index in [0.717, 1.165) is 5.69 Å². The standard InChI is InChI=1S/C13H21N3O3/c1-6-15(13(4,5)12(18)19)11(17)10-8-9(3)14-16(10)7-2/h8H,6-7H2,1-5H3,(H,18,19). The van der Waals surface area contributed by atoms with Crippen LogP contribution in [0, 0.1) is 6.92 Å². The molecule has 0 spiro atoms. The number of amides is 1. The zero-order valence-electron chi connectivity index (χ0n) is 12.1. The van der Waals surface area contributed by atoms with Crippen molar-refractivity contribution in [3.05, 3.63) is 17.5 Å². The summed E-state index contributed by atoms with van der Waals surface area (Å²) in [5.41, 5.74) is -0.0756. The third-order valence-electron chi connectivity index (χ3n) is 3.18. The molecule has 1 heterocycles. The second-order valence-corrected chi connectivity index (χ2v) is 4.90. The van der Waals surface area contributed by atoms with Crippen molar-refractivity contribution in [3.8, 4) is 0 Å². The minimum Gasteiger partial charge on any atom is -0.480 e. The molecule has 106 valence electrons. The van der Waals surface area contributed by atoms with Gasteiger partial charge in [0.25, 0.3) is 5.91 Å². The molecular weight excluding hydrogens is 246 g/mol. The van der Waals surface area contributed by atoms with Crippen molar-refractivity contribution in [3.63, 3.8) is 0 Å². The van der Waals surface area contributed by atoms with Gasteiger partial charge in [0.05, 0.1) is 5.69 Å². The third-order valence-corrected chi connectivity index (χ3v) is 3.18. The lowest BCUT2D eigenvalue weighted by atomic mass is 10.0. The van der Waals surface area contributed by atoms with E-state index >= 15 is 0 Å². The minimum absolute atomic E-state index is 0.308. The molecular formula is C13H21N3O3. The lowest BCUT2D eigenvalue weighted by molar-refractivity contribution is -0.147. The molecule has 0 aliphatic carbocycles. The van der Waals surface area contributed by atoms with Crippen LogP contribution >= 0.6 is 0 Å². The fraction of sp³-hybridized carbons (Fsp3) is 0.615. The van der Waals surface area contributed by atoms with E-state index < -0.39 is 11.5 Å². The molecule has 1 aromatic rings. The zero-order valence-corrected chi connectivity index (χ0v) is 12.1. The monoisotopic (exact) mass is 267 g/mol. The Morgan fingerprint density at radius 1 is 1.42 bits per heavy atom. The van der Waals surface area contributed by atoms with Gasteiger partial charge in [-0.3, -0.25) is 9.48 Å². The number of nitrogens with zero attached hydrogens (tertiary/aromatic N) is 3. The number of hydrogen-bond donors (Lipinski definition) is 1. The minimum atomic E-state index is -1.25. The average molecular weight is 267 g/mol. The summed E-state index contributed by atoms with van der Waals surface area (Å²) in [6, 6.07) is 1.69. The Hall–Kier alpha value is -1.85. The first-order valence-corrected chi connectivity index (χ1v) is 6.35. The maximum absolute atomic E-state index is 12.5. The Morgan fingerprint density at radius 3 is 2.42 bits per heavy atom. The van der Waals surface area contributed by atoms with Crippen LogP contribution in [0.25, 0.3) is 0 Å². The van der Waals surface area contributed by atoms with Crippen molar-refractivity contribution in [2.24, 2.45) is 0 Å².